The van der Waals surface area contributed by atoms with Crippen LogP contribution in [0.5, 0.6) is 0 Å². The number of aliphatic hydroxyl groups is 1. The molecule has 3 atom stereocenters. The summed E-state index contributed by atoms with van der Waals surface area (Å²) >= 11 is 0. The van der Waals surface area contributed by atoms with E-state index in [1.54, 1.807) is 0 Å². The fraction of sp³-hybridized carbons (Fsp3) is 0.455. The van der Waals surface area contributed by atoms with Crippen molar-refractivity contribution in [2.24, 2.45) is 5.92 Å². The zero-order chi connectivity index (χ0) is 17.7. The first-order chi connectivity index (χ1) is 11.4. The fourth-order valence-electron chi connectivity index (χ4n) is 3.05. The first-order valence-corrected chi connectivity index (χ1v) is 8.92. The van der Waals surface area contributed by atoms with E-state index in [2.05, 4.69) is 80.4 Å². The van der Waals surface area contributed by atoms with E-state index in [1.807, 2.05) is 13.8 Å². The summed E-state index contributed by atoms with van der Waals surface area (Å²) in [6, 6.07) is 19.5. The van der Waals surface area contributed by atoms with Crippen molar-refractivity contribution >= 4 is 0 Å². The summed E-state index contributed by atoms with van der Waals surface area (Å²) in [5, 5.41) is 10.1. The Hall–Kier alpha value is -1.64. The second kappa shape index (κ2) is 8.46. The Kier molecular flexibility index (Phi) is 6.59. The van der Waals surface area contributed by atoms with Crippen molar-refractivity contribution in [3.05, 3.63) is 71.3 Å². The molecule has 1 N–H and O–H groups in total. The van der Waals surface area contributed by atoms with E-state index >= 15 is 0 Å². The van der Waals surface area contributed by atoms with Crippen LogP contribution in [0.1, 0.15) is 56.4 Å². The van der Waals surface area contributed by atoms with Crippen molar-refractivity contribution in [1.29, 1.82) is 0 Å². The highest BCUT2D eigenvalue weighted by Gasteiger charge is 2.19. The van der Waals surface area contributed by atoms with Crippen molar-refractivity contribution in [2.75, 3.05) is 7.05 Å². The summed E-state index contributed by atoms with van der Waals surface area (Å²) in [4.78, 5) is 2.39. The molecule has 0 amide bonds. The molecule has 2 rings (SSSR count). The third kappa shape index (κ3) is 4.68. The lowest BCUT2D eigenvalue weighted by molar-refractivity contribution is 0.127. The normalized spacial score (nSPS) is 15.5. The van der Waals surface area contributed by atoms with Gasteiger partial charge in [0.25, 0.3) is 0 Å². The quantitative estimate of drug-likeness (QED) is 0.774. The highest BCUT2D eigenvalue weighted by atomic mass is 16.3. The minimum absolute atomic E-state index is 0.241. The summed E-state index contributed by atoms with van der Waals surface area (Å²) in [7, 11) is 2.18. The van der Waals surface area contributed by atoms with Crippen LogP contribution >= 0.6 is 0 Å². The molecule has 0 aliphatic carbocycles. The molecule has 0 spiro atoms. The zero-order valence-corrected chi connectivity index (χ0v) is 15.6. The van der Waals surface area contributed by atoms with Crippen molar-refractivity contribution in [1.82, 2.24) is 4.90 Å². The lowest BCUT2D eigenvalue weighted by Gasteiger charge is -2.30. The molecule has 2 heteroatoms. The van der Waals surface area contributed by atoms with E-state index in [1.165, 1.54) is 11.1 Å². The molecule has 0 radical (unpaired) electrons. The number of benzene rings is 2. The van der Waals surface area contributed by atoms with Gasteiger partial charge in [0.05, 0.1) is 6.10 Å². The van der Waals surface area contributed by atoms with Crippen LogP contribution in [0, 0.1) is 5.92 Å². The van der Waals surface area contributed by atoms with E-state index in [-0.39, 0.29) is 12.0 Å². The van der Waals surface area contributed by atoms with Crippen LogP contribution in [0.4, 0.5) is 0 Å². The Morgan fingerprint density at radius 1 is 0.833 bits per heavy atom. The lowest BCUT2D eigenvalue weighted by atomic mass is 9.93. The summed E-state index contributed by atoms with van der Waals surface area (Å²) < 4.78 is 0. The van der Waals surface area contributed by atoms with Crippen LogP contribution in [0.2, 0.25) is 0 Å². The van der Waals surface area contributed by atoms with Gasteiger partial charge in [-0.1, -0.05) is 75.4 Å². The largest absolute Gasteiger partial charge is 0.388 e. The molecule has 0 aromatic heterocycles. The van der Waals surface area contributed by atoms with E-state index in [4.69, 9.17) is 0 Å². The highest BCUT2D eigenvalue weighted by molar-refractivity contribution is 5.25. The molecule has 0 heterocycles. The van der Waals surface area contributed by atoms with Crippen LogP contribution in [-0.2, 0) is 6.54 Å². The van der Waals surface area contributed by atoms with Gasteiger partial charge in [-0.25, -0.2) is 0 Å². The van der Waals surface area contributed by atoms with E-state index in [0.717, 1.165) is 12.1 Å². The first kappa shape index (κ1) is 18.7. The summed E-state index contributed by atoms with van der Waals surface area (Å²) in [6.07, 6.45) is -0.381. The lowest BCUT2D eigenvalue weighted by Crippen LogP contribution is -2.32. The average molecular weight is 325 g/mol. The number of nitrogens with zero attached hydrogens (tertiary/aromatic N) is 1. The standard InChI is InChI=1S/C22H31NO/c1-16(2)22(24)21-13-11-19(12-14-21)15-23(5)18(4)17(3)20-9-7-6-8-10-20/h6-14,16-18,22,24H,15H2,1-5H3. The van der Waals surface area contributed by atoms with Crippen LogP contribution < -0.4 is 0 Å². The third-order valence-electron chi connectivity index (χ3n) is 5.13. The maximum Gasteiger partial charge on any atom is 0.0812 e. The molecule has 3 unspecified atom stereocenters. The molecular weight excluding hydrogens is 294 g/mol. The number of rotatable bonds is 7. The minimum Gasteiger partial charge on any atom is -0.388 e. The molecule has 0 saturated carbocycles. The van der Waals surface area contributed by atoms with Crippen LogP contribution in [0.15, 0.2) is 54.6 Å². The molecule has 0 aliphatic heterocycles. The number of likely N-dealkylation sites (N-methyl/N-ethyl adjacent to an activating group) is 1. The number of aliphatic hydroxyl groups excluding tert-OH is 1. The fourth-order valence-corrected chi connectivity index (χ4v) is 3.05. The SMILES string of the molecule is CC(C)C(O)c1ccc(CN(C)C(C)C(C)c2ccccc2)cc1. The van der Waals surface area contributed by atoms with Crippen molar-refractivity contribution in [2.45, 2.75) is 52.3 Å². The Labute approximate surface area is 147 Å². The van der Waals surface area contributed by atoms with Crippen molar-refractivity contribution in [3.8, 4) is 0 Å². The Morgan fingerprint density at radius 2 is 1.42 bits per heavy atom. The van der Waals surface area contributed by atoms with Gasteiger partial charge in [-0.2, -0.15) is 0 Å². The molecule has 2 nitrogen and oxygen atoms in total. The maximum absolute atomic E-state index is 10.1. The van der Waals surface area contributed by atoms with E-state index in [9.17, 15) is 5.11 Å². The van der Waals surface area contributed by atoms with Crippen molar-refractivity contribution in [3.63, 3.8) is 0 Å². The Balaban J connectivity index is 2.00. The van der Waals surface area contributed by atoms with Gasteiger partial charge >= 0.3 is 0 Å². The van der Waals surface area contributed by atoms with Crippen molar-refractivity contribution < 1.29 is 5.11 Å². The summed E-state index contributed by atoms with van der Waals surface area (Å²) in [6.45, 7) is 9.57. The minimum atomic E-state index is -0.381. The second-order valence-corrected chi connectivity index (χ2v) is 7.29. The summed E-state index contributed by atoms with van der Waals surface area (Å²) in [5.74, 6) is 0.725. The van der Waals surface area contributed by atoms with Gasteiger partial charge in [-0.05, 0) is 42.5 Å². The summed E-state index contributed by atoms with van der Waals surface area (Å²) in [5.41, 5.74) is 3.67. The van der Waals surface area contributed by atoms with Gasteiger partial charge in [-0.15, -0.1) is 0 Å². The van der Waals surface area contributed by atoms with Gasteiger partial charge in [0.15, 0.2) is 0 Å². The Bertz CT molecular complexity index is 606. The van der Waals surface area contributed by atoms with Crippen LogP contribution in [-0.4, -0.2) is 23.1 Å². The molecule has 130 valence electrons. The van der Waals surface area contributed by atoms with Crippen LogP contribution in [0.3, 0.4) is 0 Å². The van der Waals surface area contributed by atoms with Gasteiger partial charge in [0.1, 0.15) is 0 Å². The smallest absolute Gasteiger partial charge is 0.0812 e. The van der Waals surface area contributed by atoms with Crippen LogP contribution in [0.25, 0.3) is 0 Å². The van der Waals surface area contributed by atoms with Gasteiger partial charge < -0.3 is 5.11 Å². The topological polar surface area (TPSA) is 23.5 Å². The van der Waals surface area contributed by atoms with E-state index < -0.39 is 0 Å². The van der Waals surface area contributed by atoms with Gasteiger partial charge in [-0.3, -0.25) is 4.90 Å². The number of hydrogen-bond acceptors (Lipinski definition) is 2. The molecule has 2 aromatic rings. The third-order valence-corrected chi connectivity index (χ3v) is 5.13. The first-order valence-electron chi connectivity index (χ1n) is 8.92. The van der Waals surface area contributed by atoms with E-state index in [0.29, 0.717) is 12.0 Å². The average Bonchev–Trinajstić information content (AvgIpc) is 2.61. The Morgan fingerprint density at radius 3 is 1.96 bits per heavy atom. The molecule has 0 aliphatic rings. The molecule has 0 saturated heterocycles. The highest BCUT2D eigenvalue weighted by Crippen LogP contribution is 2.24. The predicted octanol–water partition coefficient (Wildman–Crippen LogP) is 5.00. The monoisotopic (exact) mass is 325 g/mol. The molecule has 0 bridgehead atoms. The molecular formula is C22H31NO. The molecule has 2 aromatic carbocycles. The van der Waals surface area contributed by atoms with Gasteiger partial charge in [0.2, 0.25) is 0 Å². The maximum atomic E-state index is 10.1. The zero-order valence-electron chi connectivity index (χ0n) is 15.6. The second-order valence-electron chi connectivity index (χ2n) is 7.29. The van der Waals surface area contributed by atoms with Gasteiger partial charge in [0, 0.05) is 12.6 Å². The molecule has 24 heavy (non-hydrogen) atoms. The molecule has 0 fully saturated rings. The number of hydrogen-bond donors (Lipinski definition) is 1. The predicted molar refractivity (Wildman–Crippen MR) is 102 cm³/mol.